The van der Waals surface area contributed by atoms with Gasteiger partial charge in [-0.05, 0) is 36.2 Å². The Morgan fingerprint density at radius 1 is 1.23 bits per heavy atom. The summed E-state index contributed by atoms with van der Waals surface area (Å²) in [7, 11) is 3.80. The van der Waals surface area contributed by atoms with Crippen molar-refractivity contribution in [3.63, 3.8) is 0 Å². The molecule has 1 aromatic heterocycles. The average molecular weight is 468 g/mol. The maximum Gasteiger partial charge on any atom is 0.194 e. The largest absolute Gasteiger partial charge is 0.486 e. The van der Waals surface area contributed by atoms with Gasteiger partial charge >= 0.3 is 0 Å². The summed E-state index contributed by atoms with van der Waals surface area (Å²) in [6.45, 7) is 4.63. The van der Waals surface area contributed by atoms with Gasteiger partial charge in [0.2, 0.25) is 0 Å². The van der Waals surface area contributed by atoms with Gasteiger partial charge in [-0.2, -0.15) is 0 Å². The number of rotatable bonds is 4. The Hall–Kier alpha value is -2.03. The number of aliphatic imine (C=N–C) groups is 1. The van der Waals surface area contributed by atoms with E-state index in [2.05, 4.69) is 39.2 Å². The summed E-state index contributed by atoms with van der Waals surface area (Å²) < 4.78 is 11.2. The first-order valence-electron chi connectivity index (χ1n) is 8.38. The summed E-state index contributed by atoms with van der Waals surface area (Å²) in [6, 6.07) is 10.1. The molecule has 0 unspecified atom stereocenters. The summed E-state index contributed by atoms with van der Waals surface area (Å²) in [6.07, 6.45) is 1.81. The van der Waals surface area contributed by atoms with Gasteiger partial charge in [-0.15, -0.1) is 24.0 Å². The molecule has 1 N–H and O–H groups in total. The fourth-order valence-corrected chi connectivity index (χ4v) is 2.79. The predicted molar refractivity (Wildman–Crippen MR) is 113 cm³/mol. The van der Waals surface area contributed by atoms with E-state index in [0.29, 0.717) is 19.8 Å². The smallest absolute Gasteiger partial charge is 0.194 e. The van der Waals surface area contributed by atoms with Crippen molar-refractivity contribution < 1.29 is 9.47 Å². The zero-order chi connectivity index (χ0) is 17.6. The molecule has 1 aliphatic heterocycles. The minimum Gasteiger partial charge on any atom is -0.486 e. The third-order valence-electron chi connectivity index (χ3n) is 4.13. The highest BCUT2D eigenvalue weighted by Gasteiger charge is 2.13. The van der Waals surface area contributed by atoms with Crippen molar-refractivity contribution in [2.45, 2.75) is 20.0 Å². The zero-order valence-corrected chi connectivity index (χ0v) is 17.7. The summed E-state index contributed by atoms with van der Waals surface area (Å²) in [5.74, 6) is 2.44. The second kappa shape index (κ2) is 9.61. The number of aromatic nitrogens is 1. The zero-order valence-electron chi connectivity index (χ0n) is 15.4. The molecule has 0 spiro atoms. The van der Waals surface area contributed by atoms with Crippen LogP contribution in [0.15, 0.2) is 41.5 Å². The Morgan fingerprint density at radius 2 is 2.00 bits per heavy atom. The standard InChI is InChI=1S/C19H24N4O2.HI/c1-14-5-4-8-21-16(14)12-22-19(20-2)23(3)13-15-6-7-17-18(11-15)25-10-9-24-17;/h4-8,11H,9-10,12-13H2,1-3H3,(H,20,22);1H. The minimum atomic E-state index is 0. The number of hydrogen-bond donors (Lipinski definition) is 1. The first-order valence-corrected chi connectivity index (χ1v) is 8.38. The van der Waals surface area contributed by atoms with Gasteiger partial charge in [0.15, 0.2) is 17.5 Å². The summed E-state index contributed by atoms with van der Waals surface area (Å²) in [5, 5.41) is 3.37. The first kappa shape index (κ1) is 20.3. The molecule has 140 valence electrons. The Bertz CT molecular complexity index is 767. The molecule has 3 rings (SSSR count). The van der Waals surface area contributed by atoms with Crippen LogP contribution in [-0.2, 0) is 13.1 Å². The van der Waals surface area contributed by atoms with E-state index in [9.17, 15) is 0 Å². The van der Waals surface area contributed by atoms with Crippen LogP contribution in [0.2, 0.25) is 0 Å². The van der Waals surface area contributed by atoms with Crippen molar-refractivity contribution in [1.82, 2.24) is 15.2 Å². The number of hydrogen-bond acceptors (Lipinski definition) is 4. The number of nitrogens with zero attached hydrogens (tertiary/aromatic N) is 3. The molecule has 0 amide bonds. The van der Waals surface area contributed by atoms with Crippen LogP contribution in [0.3, 0.4) is 0 Å². The van der Waals surface area contributed by atoms with E-state index in [0.717, 1.165) is 35.3 Å². The van der Waals surface area contributed by atoms with Crippen LogP contribution in [0.4, 0.5) is 0 Å². The molecule has 0 saturated carbocycles. The van der Waals surface area contributed by atoms with E-state index in [1.807, 2.05) is 31.4 Å². The second-order valence-corrected chi connectivity index (χ2v) is 6.00. The average Bonchev–Trinajstić information content (AvgIpc) is 2.63. The van der Waals surface area contributed by atoms with Crippen LogP contribution in [0.5, 0.6) is 11.5 Å². The van der Waals surface area contributed by atoms with Crippen molar-refractivity contribution in [2.75, 3.05) is 27.3 Å². The fraction of sp³-hybridized carbons (Fsp3) is 0.368. The third-order valence-corrected chi connectivity index (χ3v) is 4.13. The Kier molecular flexibility index (Phi) is 7.50. The fourth-order valence-electron chi connectivity index (χ4n) is 2.79. The molecule has 0 fully saturated rings. The number of fused-ring (bicyclic) bond motifs is 1. The van der Waals surface area contributed by atoms with Crippen LogP contribution in [-0.4, -0.2) is 43.2 Å². The number of ether oxygens (including phenoxy) is 2. The maximum atomic E-state index is 5.65. The maximum absolute atomic E-state index is 5.65. The van der Waals surface area contributed by atoms with E-state index in [4.69, 9.17) is 9.47 Å². The van der Waals surface area contributed by atoms with Crippen molar-refractivity contribution in [2.24, 2.45) is 4.99 Å². The van der Waals surface area contributed by atoms with Crippen molar-refractivity contribution in [3.05, 3.63) is 53.3 Å². The number of guanidine groups is 1. The molecule has 1 aliphatic rings. The Balaban J connectivity index is 0.00000243. The molecule has 1 aromatic carbocycles. The molecular weight excluding hydrogens is 443 g/mol. The number of halogens is 1. The van der Waals surface area contributed by atoms with Gasteiger partial charge in [0, 0.05) is 26.8 Å². The molecule has 7 heteroatoms. The van der Waals surface area contributed by atoms with Crippen molar-refractivity contribution in [1.29, 1.82) is 0 Å². The molecule has 0 aliphatic carbocycles. The first-order chi connectivity index (χ1) is 12.2. The number of pyridine rings is 1. The molecule has 0 bridgehead atoms. The van der Waals surface area contributed by atoms with Gasteiger partial charge in [-0.3, -0.25) is 9.98 Å². The SMILES string of the molecule is CN=C(NCc1ncccc1C)N(C)Cc1ccc2c(c1)OCCO2.I. The van der Waals surface area contributed by atoms with E-state index >= 15 is 0 Å². The van der Waals surface area contributed by atoms with E-state index in [-0.39, 0.29) is 24.0 Å². The Morgan fingerprint density at radius 3 is 2.73 bits per heavy atom. The monoisotopic (exact) mass is 468 g/mol. The molecule has 0 atom stereocenters. The molecule has 2 aromatic rings. The molecule has 26 heavy (non-hydrogen) atoms. The van der Waals surface area contributed by atoms with E-state index in [1.165, 1.54) is 5.56 Å². The highest BCUT2D eigenvalue weighted by atomic mass is 127. The lowest BCUT2D eigenvalue weighted by atomic mass is 10.2. The summed E-state index contributed by atoms with van der Waals surface area (Å²) >= 11 is 0. The molecule has 6 nitrogen and oxygen atoms in total. The topological polar surface area (TPSA) is 59.0 Å². The molecule has 0 radical (unpaired) electrons. The van der Waals surface area contributed by atoms with E-state index in [1.54, 1.807) is 7.05 Å². The van der Waals surface area contributed by atoms with Gasteiger partial charge in [0.25, 0.3) is 0 Å². The third kappa shape index (κ3) is 5.00. The van der Waals surface area contributed by atoms with Crippen LogP contribution >= 0.6 is 24.0 Å². The van der Waals surface area contributed by atoms with Gasteiger partial charge < -0.3 is 19.7 Å². The molecular formula is C19H25IN4O2. The van der Waals surface area contributed by atoms with Crippen LogP contribution in [0.1, 0.15) is 16.8 Å². The normalized spacial score (nSPS) is 13.0. The Labute approximate surface area is 171 Å². The molecule has 2 heterocycles. The van der Waals surface area contributed by atoms with Crippen LogP contribution in [0.25, 0.3) is 0 Å². The molecule has 0 saturated heterocycles. The lowest BCUT2D eigenvalue weighted by Gasteiger charge is -2.24. The van der Waals surface area contributed by atoms with Crippen LogP contribution < -0.4 is 14.8 Å². The highest BCUT2D eigenvalue weighted by molar-refractivity contribution is 14.0. The summed E-state index contributed by atoms with van der Waals surface area (Å²) in [4.78, 5) is 10.8. The van der Waals surface area contributed by atoms with Gasteiger partial charge in [0.05, 0.1) is 12.2 Å². The number of nitrogens with one attached hydrogen (secondary N) is 1. The number of benzene rings is 1. The quantitative estimate of drug-likeness (QED) is 0.425. The van der Waals surface area contributed by atoms with E-state index < -0.39 is 0 Å². The lowest BCUT2D eigenvalue weighted by Crippen LogP contribution is -2.38. The second-order valence-electron chi connectivity index (χ2n) is 6.00. The van der Waals surface area contributed by atoms with Crippen LogP contribution in [0, 0.1) is 6.92 Å². The van der Waals surface area contributed by atoms with Gasteiger partial charge in [-0.25, -0.2) is 0 Å². The van der Waals surface area contributed by atoms with Crippen molar-refractivity contribution >= 4 is 29.9 Å². The summed E-state index contributed by atoms with van der Waals surface area (Å²) in [5.41, 5.74) is 3.33. The minimum absolute atomic E-state index is 0. The van der Waals surface area contributed by atoms with Crippen molar-refractivity contribution in [3.8, 4) is 11.5 Å². The number of aryl methyl sites for hydroxylation is 1. The van der Waals surface area contributed by atoms with Gasteiger partial charge in [0.1, 0.15) is 13.2 Å². The van der Waals surface area contributed by atoms with Gasteiger partial charge in [-0.1, -0.05) is 12.1 Å². The predicted octanol–water partition coefficient (Wildman–Crippen LogP) is 2.99. The lowest BCUT2D eigenvalue weighted by molar-refractivity contribution is 0.171. The highest BCUT2D eigenvalue weighted by Crippen LogP contribution is 2.31.